The molecule has 1 aromatic heterocycles. The Bertz CT molecular complexity index is 1790. The van der Waals surface area contributed by atoms with E-state index in [1.807, 2.05) is 4.90 Å². The van der Waals surface area contributed by atoms with Crippen molar-refractivity contribution < 1.29 is 38.0 Å². The zero-order valence-electron chi connectivity index (χ0n) is 26.1. The van der Waals surface area contributed by atoms with Crippen LogP contribution in [-0.2, 0) is 22.9 Å². The lowest BCUT2D eigenvalue weighted by atomic mass is 9.90. The molecule has 0 bridgehead atoms. The fraction of sp³-hybridized carbons (Fsp3) is 0.438. The fourth-order valence-electron chi connectivity index (χ4n) is 5.35. The number of hydrogen-bond donors (Lipinski definition) is 3. The lowest BCUT2D eigenvalue weighted by Crippen LogP contribution is -2.57. The van der Waals surface area contributed by atoms with Crippen LogP contribution in [-0.4, -0.2) is 75.4 Å². The summed E-state index contributed by atoms with van der Waals surface area (Å²) in [5.41, 5.74) is -1.94. The zero-order valence-corrected chi connectivity index (χ0v) is 26.9. The quantitative estimate of drug-likeness (QED) is 0.366. The highest BCUT2D eigenvalue weighted by Gasteiger charge is 2.37. The molecule has 10 nitrogen and oxygen atoms in total. The molecular weight excluding hydrogens is 623 g/mol. The van der Waals surface area contributed by atoms with Gasteiger partial charge in [-0.25, -0.2) is 4.79 Å². The van der Waals surface area contributed by atoms with Crippen LogP contribution >= 0.6 is 11.3 Å². The Hall–Kier alpha value is -4.01. The van der Waals surface area contributed by atoms with Crippen LogP contribution in [0.1, 0.15) is 61.7 Å². The van der Waals surface area contributed by atoms with Gasteiger partial charge in [0, 0.05) is 31.6 Å². The molecule has 2 aliphatic rings. The normalized spacial score (nSPS) is 17.6. The second-order valence-corrected chi connectivity index (χ2v) is 13.8. The topological polar surface area (TPSA) is 131 Å². The molecule has 1 amide bonds. The number of alkyl halides is 3. The van der Waals surface area contributed by atoms with Crippen LogP contribution in [0.2, 0.25) is 0 Å². The highest BCUT2D eigenvalue weighted by atomic mass is 32.1. The number of aromatic hydroxyl groups is 1. The molecule has 0 radical (unpaired) electrons. The second-order valence-electron chi connectivity index (χ2n) is 12.8. The van der Waals surface area contributed by atoms with Gasteiger partial charge in [-0.1, -0.05) is 29.5 Å². The van der Waals surface area contributed by atoms with Crippen molar-refractivity contribution in [1.29, 1.82) is 0 Å². The zero-order chi connectivity index (χ0) is 33.6. The van der Waals surface area contributed by atoms with E-state index in [0.717, 1.165) is 17.4 Å². The predicted molar refractivity (Wildman–Crippen MR) is 168 cm³/mol. The highest BCUT2D eigenvalue weighted by molar-refractivity contribution is 7.17. The molecule has 0 aliphatic carbocycles. The molecule has 2 aromatic carbocycles. The molecule has 0 spiro atoms. The monoisotopic (exact) mass is 659 g/mol. The molecule has 1 atom stereocenters. The van der Waals surface area contributed by atoms with Gasteiger partial charge in [-0.05, 0) is 74.7 Å². The van der Waals surface area contributed by atoms with Crippen molar-refractivity contribution in [3.8, 4) is 5.88 Å². The van der Waals surface area contributed by atoms with Crippen molar-refractivity contribution in [2.45, 2.75) is 64.5 Å². The standard InChI is InChI=1S/C32H36F3N5O5S/c1-30(2,3)45-29(43)40-11-10-39(16-22(40)17-41)28-37-27(42)26(46-28)23(18-7-9-25-20(12-18)15-36-38-25)13-19-6-8-21(31(4,5)44)14-24(19)32(33,34)35/h6-9,12,14-15,22,41-42,44H,10-11,13,16-17H2,1-5H3. The summed E-state index contributed by atoms with van der Waals surface area (Å²) in [7, 11) is 0. The number of aromatic nitrogens is 1. The number of rotatable bonds is 6. The van der Waals surface area contributed by atoms with Crippen LogP contribution in [0.15, 0.2) is 46.6 Å². The van der Waals surface area contributed by atoms with E-state index in [-0.39, 0.29) is 48.0 Å². The largest absolute Gasteiger partial charge is 0.492 e. The third-order valence-electron chi connectivity index (χ3n) is 7.69. The number of carbonyl (C=O) groups is 1. The summed E-state index contributed by atoms with van der Waals surface area (Å²) in [5.74, 6) is -0.356. The SMILES string of the molecule is CC(C)(C)OC(=O)N1CCN(c2nc(O)c(C(Cc3ccc(C(C)(C)O)cc3C(F)(F)F)=c3ccc4c(c3)C=NN=4)s2)CC1CO. The minimum absolute atomic E-state index is 0.0463. The summed E-state index contributed by atoms with van der Waals surface area (Å²) in [6, 6.07) is 8.34. The van der Waals surface area contributed by atoms with E-state index in [2.05, 4.69) is 15.2 Å². The van der Waals surface area contributed by atoms with Gasteiger partial charge in [0.1, 0.15) is 5.60 Å². The lowest BCUT2D eigenvalue weighted by molar-refractivity contribution is -0.138. The first kappa shape index (κ1) is 33.4. The van der Waals surface area contributed by atoms with Crippen LogP contribution < -0.4 is 15.5 Å². The van der Waals surface area contributed by atoms with Crippen molar-refractivity contribution >= 4 is 34.3 Å². The summed E-state index contributed by atoms with van der Waals surface area (Å²) in [6.45, 7) is 8.52. The summed E-state index contributed by atoms with van der Waals surface area (Å²) in [4.78, 5) is 20.7. The first-order valence-corrected chi connectivity index (χ1v) is 15.5. The van der Waals surface area contributed by atoms with Gasteiger partial charge in [-0.15, -0.1) is 0 Å². The van der Waals surface area contributed by atoms with E-state index in [4.69, 9.17) is 4.74 Å². The number of anilines is 1. The molecule has 2 aliphatic heterocycles. The summed E-state index contributed by atoms with van der Waals surface area (Å²) in [5, 5.41) is 41.2. The van der Waals surface area contributed by atoms with Gasteiger partial charge in [-0.2, -0.15) is 28.4 Å². The number of nitrogens with zero attached hydrogens (tertiary/aromatic N) is 5. The molecule has 0 saturated carbocycles. The number of aliphatic hydroxyl groups is 2. The van der Waals surface area contributed by atoms with Crippen molar-refractivity contribution in [3.05, 3.63) is 74.1 Å². The Morgan fingerprint density at radius 3 is 2.48 bits per heavy atom. The number of carbonyl (C=O) groups excluding carboxylic acids is 1. The van der Waals surface area contributed by atoms with Gasteiger partial charge >= 0.3 is 12.3 Å². The third-order valence-corrected chi connectivity index (χ3v) is 8.86. The van der Waals surface area contributed by atoms with Crippen LogP contribution in [0.3, 0.4) is 0 Å². The van der Waals surface area contributed by atoms with Crippen LogP contribution in [0.5, 0.6) is 5.88 Å². The lowest BCUT2D eigenvalue weighted by Gasteiger charge is -2.40. The predicted octanol–water partition coefficient (Wildman–Crippen LogP) is 3.92. The molecule has 5 rings (SSSR count). The maximum Gasteiger partial charge on any atom is 0.416 e. The maximum absolute atomic E-state index is 14.4. The van der Waals surface area contributed by atoms with E-state index < -0.39 is 35.1 Å². The summed E-state index contributed by atoms with van der Waals surface area (Å²) in [6.07, 6.45) is -3.92. The molecule has 3 heterocycles. The van der Waals surface area contributed by atoms with Crippen molar-refractivity contribution in [3.63, 3.8) is 0 Å². The molecule has 14 heteroatoms. The average molecular weight is 660 g/mol. The van der Waals surface area contributed by atoms with Crippen molar-refractivity contribution in [1.82, 2.24) is 9.88 Å². The third kappa shape index (κ3) is 7.18. The number of ether oxygens (including phenoxy) is 1. The Labute approximate surface area is 267 Å². The first-order chi connectivity index (χ1) is 21.4. The smallest absolute Gasteiger partial charge is 0.416 e. The van der Waals surface area contributed by atoms with Crippen LogP contribution in [0.25, 0.3) is 5.57 Å². The number of piperazine rings is 1. The number of aliphatic hydroxyl groups excluding tert-OH is 1. The van der Waals surface area contributed by atoms with Gasteiger partial charge in [0.05, 0.1) is 40.3 Å². The Balaban J connectivity index is 1.55. The number of benzene rings is 2. The molecule has 3 aromatic rings. The number of halogens is 3. The molecule has 246 valence electrons. The molecule has 3 N–H and O–H groups in total. The first-order valence-electron chi connectivity index (χ1n) is 14.7. The maximum atomic E-state index is 14.4. The van der Waals surface area contributed by atoms with Crippen LogP contribution in [0, 0.1) is 0 Å². The molecule has 1 fully saturated rings. The van der Waals surface area contributed by atoms with Gasteiger partial charge in [0.25, 0.3) is 0 Å². The molecular formula is C32H36F3N5O5S. The van der Waals surface area contributed by atoms with E-state index in [1.165, 1.54) is 30.9 Å². The van der Waals surface area contributed by atoms with Crippen molar-refractivity contribution in [2.24, 2.45) is 10.2 Å². The minimum Gasteiger partial charge on any atom is -0.492 e. The minimum atomic E-state index is -4.71. The number of thiazole rings is 1. The molecule has 1 unspecified atom stereocenters. The van der Waals surface area contributed by atoms with Gasteiger partial charge in [-0.3, -0.25) is 4.90 Å². The summed E-state index contributed by atoms with van der Waals surface area (Å²) >= 11 is 1.11. The Kier molecular flexibility index (Phi) is 8.92. The van der Waals surface area contributed by atoms with E-state index >= 15 is 0 Å². The number of hydrogen-bond acceptors (Lipinski definition) is 10. The fourth-order valence-corrected chi connectivity index (χ4v) is 6.41. The molecule has 46 heavy (non-hydrogen) atoms. The Morgan fingerprint density at radius 1 is 1.09 bits per heavy atom. The average Bonchev–Trinajstić information content (AvgIpc) is 3.59. The van der Waals surface area contributed by atoms with Crippen LogP contribution in [0.4, 0.5) is 23.1 Å². The highest BCUT2D eigenvalue weighted by Crippen LogP contribution is 2.40. The van der Waals surface area contributed by atoms with E-state index in [1.54, 1.807) is 45.2 Å². The number of fused-ring (bicyclic) bond motifs is 1. The van der Waals surface area contributed by atoms with E-state index in [0.29, 0.717) is 33.4 Å². The summed E-state index contributed by atoms with van der Waals surface area (Å²) < 4.78 is 48.6. The molecule has 1 saturated heterocycles. The van der Waals surface area contributed by atoms with E-state index in [9.17, 15) is 33.3 Å². The second kappa shape index (κ2) is 12.3. The number of amides is 1. The van der Waals surface area contributed by atoms with Crippen molar-refractivity contribution in [2.75, 3.05) is 31.1 Å². The van der Waals surface area contributed by atoms with Gasteiger partial charge < -0.3 is 25.0 Å². The van der Waals surface area contributed by atoms with Gasteiger partial charge in [0.2, 0.25) is 5.88 Å². The Morgan fingerprint density at radius 2 is 1.83 bits per heavy atom. The van der Waals surface area contributed by atoms with Gasteiger partial charge in [0.15, 0.2) is 5.13 Å².